The maximum Gasteiger partial charge on any atom is 0.136 e. The third kappa shape index (κ3) is 3.46. The van der Waals surface area contributed by atoms with Gasteiger partial charge in [0, 0.05) is 68.9 Å². The minimum Gasteiger partial charge on any atom is -0.354 e. The van der Waals surface area contributed by atoms with Gasteiger partial charge in [-0.25, -0.2) is 9.37 Å². The van der Waals surface area contributed by atoms with Gasteiger partial charge in [0.1, 0.15) is 11.6 Å². The molecule has 0 unspecified atom stereocenters. The molecule has 3 aromatic rings. The fraction of sp³-hybridized carbons (Fsp3) is 0.300. The number of rotatable bonds is 4. The van der Waals surface area contributed by atoms with Crippen molar-refractivity contribution in [2.45, 2.75) is 6.54 Å². The van der Waals surface area contributed by atoms with Crippen molar-refractivity contribution in [2.24, 2.45) is 7.05 Å². The Morgan fingerprint density at radius 1 is 1.00 bits per heavy atom. The lowest BCUT2D eigenvalue weighted by atomic mass is 10.1. The SMILES string of the molecule is Cn1cc(CN2CCN(c3ncccc3-c3ccccc3F)CC2)cn1. The average Bonchev–Trinajstić information content (AvgIpc) is 3.08. The Morgan fingerprint density at radius 2 is 1.77 bits per heavy atom. The molecule has 3 heterocycles. The minimum atomic E-state index is -0.211. The summed E-state index contributed by atoms with van der Waals surface area (Å²) in [4.78, 5) is 9.23. The Hall–Kier alpha value is -2.73. The van der Waals surface area contributed by atoms with Crippen LogP contribution in [0.5, 0.6) is 0 Å². The molecule has 0 spiro atoms. The zero-order valence-electron chi connectivity index (χ0n) is 14.8. The van der Waals surface area contributed by atoms with E-state index in [1.807, 2.05) is 42.2 Å². The van der Waals surface area contributed by atoms with Crippen molar-refractivity contribution in [3.05, 3.63) is 66.4 Å². The molecule has 1 fully saturated rings. The summed E-state index contributed by atoms with van der Waals surface area (Å²) >= 11 is 0. The summed E-state index contributed by atoms with van der Waals surface area (Å²) in [6.07, 6.45) is 5.75. The van der Waals surface area contributed by atoms with Crippen LogP contribution < -0.4 is 4.90 Å². The molecule has 0 bridgehead atoms. The molecule has 5 nitrogen and oxygen atoms in total. The Bertz CT molecular complexity index is 883. The molecule has 26 heavy (non-hydrogen) atoms. The maximum absolute atomic E-state index is 14.3. The highest BCUT2D eigenvalue weighted by Crippen LogP contribution is 2.31. The quantitative estimate of drug-likeness (QED) is 0.724. The number of aromatic nitrogens is 3. The number of nitrogens with zero attached hydrogens (tertiary/aromatic N) is 5. The van der Waals surface area contributed by atoms with Crippen molar-refractivity contribution in [3.8, 4) is 11.1 Å². The molecular formula is C20H22FN5. The minimum absolute atomic E-state index is 0.211. The van der Waals surface area contributed by atoms with E-state index < -0.39 is 0 Å². The molecule has 4 rings (SSSR count). The number of benzene rings is 1. The summed E-state index contributed by atoms with van der Waals surface area (Å²) in [7, 11) is 1.94. The summed E-state index contributed by atoms with van der Waals surface area (Å²) in [5.41, 5.74) is 2.69. The maximum atomic E-state index is 14.3. The van der Waals surface area contributed by atoms with Crippen LogP contribution in [0.1, 0.15) is 5.56 Å². The van der Waals surface area contributed by atoms with Gasteiger partial charge in [-0.2, -0.15) is 5.10 Å². The number of halogens is 1. The van der Waals surface area contributed by atoms with Crippen LogP contribution in [0.3, 0.4) is 0 Å². The van der Waals surface area contributed by atoms with Crippen LogP contribution >= 0.6 is 0 Å². The summed E-state index contributed by atoms with van der Waals surface area (Å²) in [5.74, 6) is 0.649. The van der Waals surface area contributed by atoms with E-state index in [2.05, 4.69) is 26.1 Å². The molecule has 0 N–H and O–H groups in total. The van der Waals surface area contributed by atoms with Crippen molar-refractivity contribution in [1.29, 1.82) is 0 Å². The van der Waals surface area contributed by atoms with E-state index in [9.17, 15) is 4.39 Å². The van der Waals surface area contributed by atoms with Gasteiger partial charge in [0.05, 0.1) is 6.20 Å². The Balaban J connectivity index is 1.49. The summed E-state index contributed by atoms with van der Waals surface area (Å²) in [6, 6.07) is 10.7. The first-order valence-electron chi connectivity index (χ1n) is 8.85. The van der Waals surface area contributed by atoms with Gasteiger partial charge < -0.3 is 4.90 Å². The van der Waals surface area contributed by atoms with E-state index in [-0.39, 0.29) is 5.82 Å². The first-order valence-corrected chi connectivity index (χ1v) is 8.85. The lowest BCUT2D eigenvalue weighted by molar-refractivity contribution is 0.249. The lowest BCUT2D eigenvalue weighted by Gasteiger charge is -2.36. The van der Waals surface area contributed by atoms with Gasteiger partial charge in [0.2, 0.25) is 0 Å². The third-order valence-corrected chi connectivity index (χ3v) is 4.79. The molecule has 1 saturated heterocycles. The van der Waals surface area contributed by atoms with Gasteiger partial charge in [0.25, 0.3) is 0 Å². The molecule has 6 heteroatoms. The molecule has 2 aromatic heterocycles. The molecule has 1 aliphatic heterocycles. The number of pyridine rings is 1. The second-order valence-corrected chi connectivity index (χ2v) is 6.64. The molecular weight excluding hydrogens is 329 g/mol. The van der Waals surface area contributed by atoms with E-state index >= 15 is 0 Å². The van der Waals surface area contributed by atoms with Crippen molar-refractivity contribution >= 4 is 5.82 Å². The summed E-state index contributed by atoms with van der Waals surface area (Å²) < 4.78 is 16.1. The Morgan fingerprint density at radius 3 is 2.50 bits per heavy atom. The van der Waals surface area contributed by atoms with Crippen molar-refractivity contribution in [2.75, 3.05) is 31.1 Å². The Labute approximate surface area is 152 Å². The van der Waals surface area contributed by atoms with Gasteiger partial charge in [-0.05, 0) is 18.2 Å². The molecule has 134 valence electrons. The van der Waals surface area contributed by atoms with Gasteiger partial charge in [-0.3, -0.25) is 9.58 Å². The van der Waals surface area contributed by atoms with E-state index in [0.717, 1.165) is 44.1 Å². The number of anilines is 1. The predicted octanol–water partition coefficient (Wildman–Crippen LogP) is 2.94. The first-order chi connectivity index (χ1) is 12.7. The average molecular weight is 351 g/mol. The van der Waals surface area contributed by atoms with Crippen molar-refractivity contribution < 1.29 is 4.39 Å². The van der Waals surface area contributed by atoms with E-state index in [1.54, 1.807) is 12.3 Å². The second-order valence-electron chi connectivity index (χ2n) is 6.64. The first kappa shape index (κ1) is 16.7. The highest BCUT2D eigenvalue weighted by atomic mass is 19.1. The smallest absolute Gasteiger partial charge is 0.136 e. The van der Waals surface area contributed by atoms with Crippen LogP contribution in [-0.4, -0.2) is 45.8 Å². The van der Waals surface area contributed by atoms with Gasteiger partial charge in [-0.1, -0.05) is 18.2 Å². The van der Waals surface area contributed by atoms with E-state index in [1.165, 1.54) is 11.6 Å². The van der Waals surface area contributed by atoms with Crippen molar-refractivity contribution in [1.82, 2.24) is 19.7 Å². The second kappa shape index (κ2) is 7.25. The normalized spacial score (nSPS) is 15.4. The lowest BCUT2D eigenvalue weighted by Crippen LogP contribution is -2.46. The van der Waals surface area contributed by atoms with Gasteiger partial charge in [-0.15, -0.1) is 0 Å². The number of hydrogen-bond donors (Lipinski definition) is 0. The number of hydrogen-bond acceptors (Lipinski definition) is 4. The summed E-state index contributed by atoms with van der Waals surface area (Å²) in [5, 5.41) is 4.23. The number of piperazine rings is 1. The van der Waals surface area contributed by atoms with Crippen molar-refractivity contribution in [3.63, 3.8) is 0 Å². The van der Waals surface area contributed by atoms with Crippen LogP contribution in [-0.2, 0) is 13.6 Å². The highest BCUT2D eigenvalue weighted by molar-refractivity contribution is 5.76. The third-order valence-electron chi connectivity index (χ3n) is 4.79. The van der Waals surface area contributed by atoms with Crippen LogP contribution in [0.25, 0.3) is 11.1 Å². The topological polar surface area (TPSA) is 37.2 Å². The zero-order chi connectivity index (χ0) is 17.9. The Kier molecular flexibility index (Phi) is 4.67. The van der Waals surface area contributed by atoms with E-state index in [4.69, 9.17) is 0 Å². The fourth-order valence-electron chi connectivity index (χ4n) is 3.47. The molecule has 1 aromatic carbocycles. The molecule has 0 radical (unpaired) electrons. The predicted molar refractivity (Wildman–Crippen MR) is 100 cm³/mol. The molecule has 1 aliphatic rings. The highest BCUT2D eigenvalue weighted by Gasteiger charge is 2.21. The standard InChI is InChI=1S/C20H22FN5/c1-24-14-16(13-23-24)15-25-9-11-26(12-10-25)20-18(6-4-8-22-20)17-5-2-3-7-19(17)21/h2-8,13-14H,9-12,15H2,1H3. The molecule has 0 atom stereocenters. The summed E-state index contributed by atoms with van der Waals surface area (Å²) in [6.45, 7) is 4.55. The largest absolute Gasteiger partial charge is 0.354 e. The van der Waals surface area contributed by atoms with Crippen LogP contribution in [0, 0.1) is 5.82 Å². The van der Waals surface area contributed by atoms with E-state index in [0.29, 0.717) is 5.56 Å². The molecule has 0 amide bonds. The monoisotopic (exact) mass is 351 g/mol. The van der Waals surface area contributed by atoms with Gasteiger partial charge in [0.15, 0.2) is 0 Å². The van der Waals surface area contributed by atoms with Crippen LogP contribution in [0.15, 0.2) is 55.0 Å². The zero-order valence-corrected chi connectivity index (χ0v) is 14.8. The number of aryl methyl sites for hydroxylation is 1. The fourth-order valence-corrected chi connectivity index (χ4v) is 3.47. The van der Waals surface area contributed by atoms with Crippen LogP contribution in [0.2, 0.25) is 0 Å². The molecule has 0 aliphatic carbocycles. The van der Waals surface area contributed by atoms with Gasteiger partial charge >= 0.3 is 0 Å². The van der Waals surface area contributed by atoms with Crippen LogP contribution in [0.4, 0.5) is 10.2 Å². The molecule has 0 saturated carbocycles.